The Balaban J connectivity index is 1.61. The monoisotopic (exact) mass is 419 g/mol. The van der Waals surface area contributed by atoms with E-state index in [2.05, 4.69) is 20.5 Å². The first-order chi connectivity index (χ1) is 13.6. The third kappa shape index (κ3) is 4.83. The summed E-state index contributed by atoms with van der Waals surface area (Å²) in [6.07, 6.45) is 1.67. The number of H-pyrrole nitrogens is 1. The van der Waals surface area contributed by atoms with Gasteiger partial charge in [0.05, 0.1) is 11.5 Å². The number of methoxy groups -OCH3 is 1. The lowest BCUT2D eigenvalue weighted by atomic mass is 10.2. The van der Waals surface area contributed by atoms with E-state index in [4.69, 9.17) is 21.7 Å². The van der Waals surface area contributed by atoms with Crippen LogP contribution in [0.1, 0.15) is 18.5 Å². The highest BCUT2D eigenvalue weighted by Crippen LogP contribution is 2.25. The summed E-state index contributed by atoms with van der Waals surface area (Å²) in [4.78, 5) is 17.8. The fraction of sp³-hybridized carbons (Fsp3) is 0.333. The molecule has 148 valence electrons. The van der Waals surface area contributed by atoms with E-state index in [0.29, 0.717) is 36.2 Å². The van der Waals surface area contributed by atoms with Gasteiger partial charge in [-0.25, -0.2) is 4.98 Å². The number of hydrogen-bond acceptors (Lipinski definition) is 7. The zero-order valence-electron chi connectivity index (χ0n) is 15.5. The van der Waals surface area contributed by atoms with Crippen LogP contribution < -0.4 is 10.1 Å². The minimum atomic E-state index is -0.507. The molecule has 0 aromatic carbocycles. The van der Waals surface area contributed by atoms with Crippen molar-refractivity contribution in [3.8, 4) is 16.6 Å². The Morgan fingerprint density at radius 3 is 2.93 bits per heavy atom. The van der Waals surface area contributed by atoms with Crippen LogP contribution in [0.25, 0.3) is 10.7 Å². The number of aromatic amines is 1. The highest BCUT2D eigenvalue weighted by Gasteiger charge is 2.21. The number of carbonyl (C=O) groups excluding carboxylic acids is 1. The molecule has 28 heavy (non-hydrogen) atoms. The molecule has 10 heteroatoms. The maximum absolute atomic E-state index is 12.7. The lowest BCUT2D eigenvalue weighted by molar-refractivity contribution is -0.124. The van der Waals surface area contributed by atoms with Gasteiger partial charge < -0.3 is 14.8 Å². The molecular formula is C18H21N5O3S2. The molecule has 0 aliphatic rings. The van der Waals surface area contributed by atoms with Crippen molar-refractivity contribution in [1.29, 1.82) is 0 Å². The molecule has 1 amide bonds. The molecular weight excluding hydrogens is 398 g/mol. The molecule has 3 heterocycles. The average molecular weight is 420 g/mol. The van der Waals surface area contributed by atoms with E-state index in [-0.39, 0.29) is 5.91 Å². The van der Waals surface area contributed by atoms with Crippen molar-refractivity contribution >= 4 is 29.5 Å². The Kier molecular flexibility index (Phi) is 6.90. The number of rotatable bonds is 9. The van der Waals surface area contributed by atoms with Gasteiger partial charge in [0.2, 0.25) is 11.8 Å². The van der Waals surface area contributed by atoms with Gasteiger partial charge in [0, 0.05) is 25.9 Å². The Hall–Kier alpha value is -2.56. The minimum absolute atomic E-state index is 0.157. The van der Waals surface area contributed by atoms with Crippen molar-refractivity contribution in [2.45, 2.75) is 19.5 Å². The number of thiophene rings is 1. The van der Waals surface area contributed by atoms with Gasteiger partial charge in [-0.15, -0.1) is 11.3 Å². The van der Waals surface area contributed by atoms with Crippen LogP contribution in [0.15, 0.2) is 35.8 Å². The SMILES string of the molecule is COCCOc1ccc(CNC(=O)C(C)n2c(-c3cccs3)n[nH]c2=S)cn1. The summed E-state index contributed by atoms with van der Waals surface area (Å²) in [5.74, 6) is 1.02. The van der Waals surface area contributed by atoms with Crippen molar-refractivity contribution < 1.29 is 14.3 Å². The second kappa shape index (κ2) is 9.58. The van der Waals surface area contributed by atoms with E-state index >= 15 is 0 Å². The zero-order valence-corrected chi connectivity index (χ0v) is 17.2. The first-order valence-electron chi connectivity index (χ1n) is 8.65. The summed E-state index contributed by atoms with van der Waals surface area (Å²) in [6.45, 7) is 3.09. The predicted octanol–water partition coefficient (Wildman–Crippen LogP) is 2.97. The first-order valence-corrected chi connectivity index (χ1v) is 9.94. The van der Waals surface area contributed by atoms with Gasteiger partial charge in [-0.2, -0.15) is 5.10 Å². The molecule has 1 unspecified atom stereocenters. The second-order valence-electron chi connectivity index (χ2n) is 5.94. The molecule has 8 nitrogen and oxygen atoms in total. The lowest BCUT2D eigenvalue weighted by Crippen LogP contribution is -2.31. The van der Waals surface area contributed by atoms with Gasteiger partial charge in [-0.1, -0.05) is 12.1 Å². The topological polar surface area (TPSA) is 94.1 Å². The van der Waals surface area contributed by atoms with E-state index in [9.17, 15) is 4.79 Å². The Morgan fingerprint density at radius 2 is 2.25 bits per heavy atom. The number of hydrogen-bond donors (Lipinski definition) is 2. The van der Waals surface area contributed by atoms with Gasteiger partial charge in [-0.3, -0.25) is 14.5 Å². The molecule has 0 aliphatic carbocycles. The fourth-order valence-electron chi connectivity index (χ4n) is 2.53. The van der Waals surface area contributed by atoms with Crippen LogP contribution in [-0.4, -0.2) is 46.0 Å². The van der Waals surface area contributed by atoms with E-state index in [1.54, 1.807) is 42.2 Å². The van der Waals surface area contributed by atoms with Gasteiger partial charge in [0.15, 0.2) is 10.6 Å². The Labute approximate surface area is 171 Å². The smallest absolute Gasteiger partial charge is 0.243 e. The number of amides is 1. The quantitative estimate of drug-likeness (QED) is 0.409. The largest absolute Gasteiger partial charge is 0.475 e. The molecule has 0 saturated carbocycles. The molecule has 3 aromatic rings. The summed E-state index contributed by atoms with van der Waals surface area (Å²) in [5, 5.41) is 11.9. The molecule has 3 aromatic heterocycles. The lowest BCUT2D eigenvalue weighted by Gasteiger charge is -2.15. The Morgan fingerprint density at radius 1 is 1.39 bits per heavy atom. The van der Waals surface area contributed by atoms with Crippen LogP contribution in [0.4, 0.5) is 0 Å². The van der Waals surface area contributed by atoms with Crippen LogP contribution in [-0.2, 0) is 16.1 Å². The van der Waals surface area contributed by atoms with Crippen LogP contribution in [0.2, 0.25) is 0 Å². The summed E-state index contributed by atoms with van der Waals surface area (Å²) in [7, 11) is 1.61. The van der Waals surface area contributed by atoms with E-state index < -0.39 is 6.04 Å². The molecule has 0 aliphatic heterocycles. The predicted molar refractivity (Wildman–Crippen MR) is 109 cm³/mol. The first kappa shape index (κ1) is 20.2. The zero-order chi connectivity index (χ0) is 19.9. The minimum Gasteiger partial charge on any atom is -0.475 e. The highest BCUT2D eigenvalue weighted by molar-refractivity contribution is 7.71. The summed E-state index contributed by atoms with van der Waals surface area (Å²) < 4.78 is 12.5. The number of ether oxygens (including phenoxy) is 2. The van der Waals surface area contributed by atoms with Gasteiger partial charge in [-0.05, 0) is 36.2 Å². The van der Waals surface area contributed by atoms with Crippen LogP contribution >= 0.6 is 23.6 Å². The number of nitrogens with zero attached hydrogens (tertiary/aromatic N) is 3. The maximum atomic E-state index is 12.7. The summed E-state index contributed by atoms with van der Waals surface area (Å²) in [6, 6.07) is 7.00. The van der Waals surface area contributed by atoms with Crippen molar-refractivity contribution in [3.05, 3.63) is 46.2 Å². The second-order valence-corrected chi connectivity index (χ2v) is 7.27. The molecule has 1 atom stereocenters. The van der Waals surface area contributed by atoms with E-state index in [1.165, 1.54) is 0 Å². The average Bonchev–Trinajstić information content (AvgIpc) is 3.36. The fourth-order valence-corrected chi connectivity index (χ4v) is 3.53. The maximum Gasteiger partial charge on any atom is 0.243 e. The number of carbonyl (C=O) groups is 1. The summed E-state index contributed by atoms with van der Waals surface area (Å²) in [5.41, 5.74) is 0.869. The van der Waals surface area contributed by atoms with E-state index in [0.717, 1.165) is 10.4 Å². The molecule has 0 radical (unpaired) electrons. The molecule has 0 bridgehead atoms. The third-order valence-electron chi connectivity index (χ3n) is 4.01. The van der Waals surface area contributed by atoms with Crippen LogP contribution in [0.5, 0.6) is 5.88 Å². The number of nitrogens with one attached hydrogen (secondary N) is 2. The van der Waals surface area contributed by atoms with Gasteiger partial charge in [0.25, 0.3) is 0 Å². The Bertz CT molecular complexity index is 951. The van der Waals surface area contributed by atoms with Gasteiger partial charge >= 0.3 is 0 Å². The van der Waals surface area contributed by atoms with Crippen molar-refractivity contribution in [3.63, 3.8) is 0 Å². The highest BCUT2D eigenvalue weighted by atomic mass is 32.1. The van der Waals surface area contributed by atoms with Crippen molar-refractivity contribution in [2.24, 2.45) is 0 Å². The van der Waals surface area contributed by atoms with Crippen LogP contribution in [0.3, 0.4) is 0 Å². The standard InChI is InChI=1S/C18H21N5O3S2/c1-12(23-16(21-22-18(23)27)14-4-3-9-28-14)17(24)20-11-13-5-6-15(19-10-13)26-8-7-25-2/h3-6,9-10,12H,7-8,11H2,1-2H3,(H,20,24)(H,22,27). The molecule has 0 spiro atoms. The molecule has 2 N–H and O–H groups in total. The molecule has 3 rings (SSSR count). The molecule has 0 fully saturated rings. The van der Waals surface area contributed by atoms with Crippen LogP contribution in [0, 0.1) is 4.77 Å². The van der Waals surface area contributed by atoms with Crippen molar-refractivity contribution in [2.75, 3.05) is 20.3 Å². The number of aromatic nitrogens is 4. The third-order valence-corrected chi connectivity index (χ3v) is 5.17. The normalized spacial score (nSPS) is 11.9. The number of pyridine rings is 1. The summed E-state index contributed by atoms with van der Waals surface area (Å²) >= 11 is 6.86. The molecule has 0 saturated heterocycles. The van der Waals surface area contributed by atoms with Crippen molar-refractivity contribution in [1.82, 2.24) is 25.1 Å². The van der Waals surface area contributed by atoms with E-state index in [1.807, 2.05) is 23.6 Å². The van der Waals surface area contributed by atoms with Gasteiger partial charge in [0.1, 0.15) is 12.6 Å².